The van der Waals surface area contributed by atoms with Crippen LogP contribution in [-0.2, 0) is 21.1 Å². The number of sulfone groups is 1. The largest absolute Gasteiger partial charge is 0.342 e. The highest BCUT2D eigenvalue weighted by Crippen LogP contribution is 2.34. The van der Waals surface area contributed by atoms with Crippen molar-refractivity contribution < 1.29 is 22.0 Å². The van der Waals surface area contributed by atoms with Gasteiger partial charge in [0.2, 0.25) is 15.7 Å². The number of benzene rings is 1. The van der Waals surface area contributed by atoms with E-state index in [2.05, 4.69) is 0 Å². The Morgan fingerprint density at radius 1 is 1.27 bits per heavy atom. The molecule has 1 atom stereocenters. The third kappa shape index (κ3) is 3.63. The lowest BCUT2D eigenvalue weighted by Crippen LogP contribution is -2.37. The second kappa shape index (κ2) is 6.32. The van der Waals surface area contributed by atoms with Gasteiger partial charge in [-0.2, -0.15) is 8.78 Å². The highest BCUT2D eigenvalue weighted by atomic mass is 32.2. The van der Waals surface area contributed by atoms with Crippen molar-refractivity contribution in [2.75, 3.05) is 7.05 Å². The summed E-state index contributed by atoms with van der Waals surface area (Å²) in [7, 11) is -2.83. The molecule has 7 heteroatoms. The molecule has 0 heterocycles. The van der Waals surface area contributed by atoms with Gasteiger partial charge in [0.05, 0.1) is 11.3 Å². The molecule has 1 aromatic rings. The van der Waals surface area contributed by atoms with Crippen LogP contribution in [0.25, 0.3) is 0 Å². The Morgan fingerprint density at radius 2 is 1.82 bits per heavy atom. The van der Waals surface area contributed by atoms with Crippen LogP contribution in [0.3, 0.4) is 0 Å². The molecule has 1 aromatic carbocycles. The van der Waals surface area contributed by atoms with Gasteiger partial charge in [0, 0.05) is 13.1 Å². The van der Waals surface area contributed by atoms with E-state index in [1.165, 1.54) is 12.1 Å². The normalized spacial score (nSPS) is 16.6. The molecule has 0 bridgehead atoms. The average Bonchev–Trinajstić information content (AvgIpc) is 3.30. The maximum absolute atomic E-state index is 12.4. The summed E-state index contributed by atoms with van der Waals surface area (Å²) >= 11 is 0. The SMILES string of the molecule is CC(C1CC1)N(C)C(=O)Cc1ccc(S(=O)(=O)C(F)F)cc1. The molecule has 122 valence electrons. The molecule has 4 nitrogen and oxygen atoms in total. The third-order valence-electron chi connectivity index (χ3n) is 4.15. The van der Waals surface area contributed by atoms with Gasteiger partial charge >= 0.3 is 5.76 Å². The fourth-order valence-electron chi connectivity index (χ4n) is 2.32. The van der Waals surface area contributed by atoms with Crippen LogP contribution in [0.15, 0.2) is 29.2 Å². The number of rotatable bonds is 6. The van der Waals surface area contributed by atoms with Gasteiger partial charge in [-0.25, -0.2) is 8.42 Å². The van der Waals surface area contributed by atoms with Gasteiger partial charge in [-0.15, -0.1) is 0 Å². The van der Waals surface area contributed by atoms with Gasteiger partial charge in [0.1, 0.15) is 0 Å². The number of carbonyl (C=O) groups excluding carboxylic acids is 1. The summed E-state index contributed by atoms with van der Waals surface area (Å²) in [5.74, 6) is -2.94. The molecule has 22 heavy (non-hydrogen) atoms. The van der Waals surface area contributed by atoms with Gasteiger partial charge in [-0.1, -0.05) is 12.1 Å². The fourth-order valence-corrected chi connectivity index (χ4v) is 3.04. The highest BCUT2D eigenvalue weighted by Gasteiger charge is 2.32. The van der Waals surface area contributed by atoms with E-state index in [0.29, 0.717) is 11.5 Å². The lowest BCUT2D eigenvalue weighted by Gasteiger charge is -2.25. The van der Waals surface area contributed by atoms with E-state index in [1.54, 1.807) is 11.9 Å². The maximum Gasteiger partial charge on any atom is 0.341 e. The topological polar surface area (TPSA) is 54.5 Å². The third-order valence-corrected chi connectivity index (χ3v) is 5.55. The molecule has 0 aromatic heterocycles. The average molecular weight is 331 g/mol. The summed E-state index contributed by atoms with van der Waals surface area (Å²) in [6.07, 6.45) is 2.40. The van der Waals surface area contributed by atoms with Crippen molar-refractivity contribution >= 4 is 15.7 Å². The number of alkyl halides is 2. The number of likely N-dealkylation sites (N-methyl/N-ethyl adjacent to an activating group) is 1. The second-order valence-electron chi connectivity index (χ2n) is 5.71. The zero-order chi connectivity index (χ0) is 16.5. The van der Waals surface area contributed by atoms with Gasteiger partial charge in [0.15, 0.2) is 0 Å². The second-order valence-corrected chi connectivity index (χ2v) is 7.63. The molecule has 1 unspecified atom stereocenters. The number of nitrogens with zero attached hydrogens (tertiary/aromatic N) is 1. The van der Waals surface area contributed by atoms with E-state index in [9.17, 15) is 22.0 Å². The number of hydrogen-bond acceptors (Lipinski definition) is 3. The number of amides is 1. The molecule has 0 saturated heterocycles. The lowest BCUT2D eigenvalue weighted by atomic mass is 10.1. The van der Waals surface area contributed by atoms with E-state index in [4.69, 9.17) is 0 Å². The Morgan fingerprint density at radius 3 is 2.27 bits per heavy atom. The van der Waals surface area contributed by atoms with Gasteiger partial charge < -0.3 is 4.90 Å². The quantitative estimate of drug-likeness (QED) is 0.805. The number of hydrogen-bond donors (Lipinski definition) is 0. The summed E-state index contributed by atoms with van der Waals surface area (Å²) in [5, 5.41) is 0. The predicted molar refractivity (Wildman–Crippen MR) is 78.3 cm³/mol. The Kier molecular flexibility index (Phi) is 4.84. The molecule has 2 rings (SSSR count). The van der Waals surface area contributed by atoms with Crippen molar-refractivity contribution in [1.29, 1.82) is 0 Å². The first-order chi connectivity index (χ1) is 10.2. The smallest absolute Gasteiger partial charge is 0.341 e. The molecule has 0 N–H and O–H groups in total. The van der Waals surface area contributed by atoms with Crippen LogP contribution in [-0.4, -0.2) is 38.1 Å². The summed E-state index contributed by atoms with van der Waals surface area (Å²) < 4.78 is 47.5. The molecule has 1 aliphatic carbocycles. The monoisotopic (exact) mass is 331 g/mol. The summed E-state index contributed by atoms with van der Waals surface area (Å²) in [4.78, 5) is 13.4. The van der Waals surface area contributed by atoms with Crippen molar-refractivity contribution in [3.63, 3.8) is 0 Å². The molecule has 0 aliphatic heterocycles. The zero-order valence-corrected chi connectivity index (χ0v) is 13.3. The molecule has 1 saturated carbocycles. The van der Waals surface area contributed by atoms with Crippen LogP contribution in [0.4, 0.5) is 8.78 Å². The molecule has 1 aliphatic rings. The van der Waals surface area contributed by atoms with Crippen molar-refractivity contribution in [2.45, 2.75) is 42.9 Å². The van der Waals surface area contributed by atoms with E-state index < -0.39 is 20.5 Å². The Bertz CT molecular complexity index is 639. The van der Waals surface area contributed by atoms with E-state index >= 15 is 0 Å². The minimum atomic E-state index is -4.58. The first-order valence-electron chi connectivity index (χ1n) is 7.10. The minimum Gasteiger partial charge on any atom is -0.342 e. The molecule has 0 spiro atoms. The Balaban J connectivity index is 2.03. The lowest BCUT2D eigenvalue weighted by molar-refractivity contribution is -0.131. The fraction of sp³-hybridized carbons (Fsp3) is 0.533. The van der Waals surface area contributed by atoms with E-state index in [0.717, 1.165) is 25.0 Å². The molecule has 1 fully saturated rings. The number of carbonyl (C=O) groups is 1. The van der Waals surface area contributed by atoms with Gasteiger partial charge in [-0.3, -0.25) is 4.79 Å². The maximum atomic E-state index is 12.4. The van der Waals surface area contributed by atoms with Crippen molar-refractivity contribution in [1.82, 2.24) is 4.90 Å². The highest BCUT2D eigenvalue weighted by molar-refractivity contribution is 7.91. The van der Waals surface area contributed by atoms with Gasteiger partial charge in [0.25, 0.3) is 0 Å². The molecular weight excluding hydrogens is 312 g/mol. The summed E-state index contributed by atoms with van der Waals surface area (Å²) in [6, 6.07) is 5.24. The van der Waals surface area contributed by atoms with Crippen LogP contribution in [0.2, 0.25) is 0 Å². The van der Waals surface area contributed by atoms with Crippen LogP contribution in [0.1, 0.15) is 25.3 Å². The molecular formula is C15H19F2NO3S. The summed E-state index contributed by atoms with van der Waals surface area (Å²) in [6.45, 7) is 2.01. The Labute approximate surface area is 129 Å². The zero-order valence-electron chi connectivity index (χ0n) is 12.5. The molecule has 0 radical (unpaired) electrons. The first-order valence-corrected chi connectivity index (χ1v) is 8.64. The van der Waals surface area contributed by atoms with Crippen molar-refractivity contribution in [2.24, 2.45) is 5.92 Å². The van der Waals surface area contributed by atoms with Crippen LogP contribution >= 0.6 is 0 Å². The van der Waals surface area contributed by atoms with Crippen molar-refractivity contribution in [3.05, 3.63) is 29.8 Å². The van der Waals surface area contributed by atoms with Crippen LogP contribution in [0.5, 0.6) is 0 Å². The van der Waals surface area contributed by atoms with Crippen molar-refractivity contribution in [3.8, 4) is 0 Å². The van der Waals surface area contributed by atoms with Gasteiger partial charge in [-0.05, 0) is 43.4 Å². The Hall–Kier alpha value is -1.50. The predicted octanol–water partition coefficient (Wildman–Crippen LogP) is 2.48. The molecule has 1 amide bonds. The first kappa shape index (κ1) is 16.9. The minimum absolute atomic E-state index is 0.0659. The van der Waals surface area contributed by atoms with Crippen LogP contribution in [0, 0.1) is 5.92 Å². The summed E-state index contributed by atoms with van der Waals surface area (Å²) in [5.41, 5.74) is 0.605. The van der Waals surface area contributed by atoms with E-state index in [-0.39, 0.29) is 18.4 Å². The number of halogens is 2. The van der Waals surface area contributed by atoms with E-state index in [1.807, 2.05) is 6.92 Å². The standard InChI is InChI=1S/C15H19F2NO3S/c1-10(12-5-6-12)18(2)14(19)9-11-3-7-13(8-4-11)22(20,21)15(16)17/h3-4,7-8,10,12,15H,5-6,9H2,1-2H3. The van der Waals surface area contributed by atoms with Crippen LogP contribution < -0.4 is 0 Å².